The summed E-state index contributed by atoms with van der Waals surface area (Å²) in [5, 5.41) is 13.5. The number of nitrogens with one attached hydrogen (secondary N) is 1. The van der Waals surface area contributed by atoms with Gasteiger partial charge < -0.3 is 15.2 Å². The van der Waals surface area contributed by atoms with Crippen molar-refractivity contribution in [1.29, 1.82) is 0 Å². The Bertz CT molecular complexity index is 511. The van der Waals surface area contributed by atoms with Crippen molar-refractivity contribution in [2.24, 2.45) is 5.92 Å². The Morgan fingerprint density at radius 2 is 2.35 bits per heavy atom. The van der Waals surface area contributed by atoms with Crippen LogP contribution in [0.5, 0.6) is 0 Å². The number of aliphatic hydroxyl groups excluding tert-OH is 1. The molecule has 2 atom stereocenters. The van der Waals surface area contributed by atoms with Gasteiger partial charge in [-0.2, -0.15) is 0 Å². The van der Waals surface area contributed by atoms with Gasteiger partial charge in [-0.1, -0.05) is 6.92 Å². The van der Waals surface area contributed by atoms with Crippen LogP contribution in [0.1, 0.15) is 34.1 Å². The van der Waals surface area contributed by atoms with Gasteiger partial charge in [0.2, 0.25) is 0 Å². The van der Waals surface area contributed by atoms with Crippen molar-refractivity contribution in [3.05, 3.63) is 21.4 Å². The molecule has 20 heavy (non-hydrogen) atoms. The standard InChI is InChI=1S/C14H19NO4S/c1-8-3-4-9-10(7-20-12(9)5-8)13(17)15-11(6-16)14(18)19-2/h7-8,11,16H,3-6H2,1-2H3,(H,15,17)/t8-,11+/m0/s1. The molecule has 2 N–H and O–H groups in total. The van der Waals surface area contributed by atoms with Crippen LogP contribution in [0.25, 0.3) is 0 Å². The molecule has 6 heteroatoms. The van der Waals surface area contributed by atoms with Crippen LogP contribution in [0, 0.1) is 5.92 Å². The number of ether oxygens (including phenoxy) is 1. The van der Waals surface area contributed by atoms with Crippen LogP contribution in [-0.2, 0) is 22.4 Å². The minimum Gasteiger partial charge on any atom is -0.467 e. The molecule has 0 radical (unpaired) electrons. The van der Waals surface area contributed by atoms with E-state index in [1.807, 2.05) is 5.38 Å². The number of methoxy groups -OCH3 is 1. The Morgan fingerprint density at radius 1 is 1.60 bits per heavy atom. The summed E-state index contributed by atoms with van der Waals surface area (Å²) in [6, 6.07) is -1.01. The SMILES string of the molecule is COC(=O)[C@@H](CO)NC(=O)c1csc2c1CC[C@H](C)C2. The van der Waals surface area contributed by atoms with E-state index in [1.165, 1.54) is 12.0 Å². The van der Waals surface area contributed by atoms with Crippen LogP contribution < -0.4 is 5.32 Å². The molecule has 2 rings (SSSR count). The Morgan fingerprint density at radius 3 is 3.00 bits per heavy atom. The lowest BCUT2D eigenvalue weighted by atomic mass is 9.88. The quantitative estimate of drug-likeness (QED) is 0.817. The van der Waals surface area contributed by atoms with Crippen molar-refractivity contribution in [3.8, 4) is 0 Å². The summed E-state index contributed by atoms with van der Waals surface area (Å²) in [6.45, 7) is 1.74. The minimum absolute atomic E-state index is 0.318. The molecule has 0 spiro atoms. The lowest BCUT2D eigenvalue weighted by Crippen LogP contribution is -2.44. The van der Waals surface area contributed by atoms with E-state index in [1.54, 1.807) is 11.3 Å². The molecule has 5 nitrogen and oxygen atoms in total. The Balaban J connectivity index is 2.12. The maximum absolute atomic E-state index is 12.2. The van der Waals surface area contributed by atoms with Crippen LogP contribution in [0.3, 0.4) is 0 Å². The van der Waals surface area contributed by atoms with Crippen LogP contribution in [0.15, 0.2) is 5.38 Å². The lowest BCUT2D eigenvalue weighted by molar-refractivity contribution is -0.143. The van der Waals surface area contributed by atoms with E-state index in [4.69, 9.17) is 5.11 Å². The molecule has 1 aromatic heterocycles. The first kappa shape index (κ1) is 15.0. The average molecular weight is 297 g/mol. The zero-order chi connectivity index (χ0) is 14.7. The molecule has 1 amide bonds. The van der Waals surface area contributed by atoms with Crippen molar-refractivity contribution >= 4 is 23.2 Å². The molecule has 0 aromatic carbocycles. The summed E-state index contributed by atoms with van der Waals surface area (Å²) in [7, 11) is 1.23. The van der Waals surface area contributed by atoms with Crippen molar-refractivity contribution in [3.63, 3.8) is 0 Å². The predicted octanol–water partition coefficient (Wildman–Crippen LogP) is 1.14. The number of hydrogen-bond donors (Lipinski definition) is 2. The first-order chi connectivity index (χ1) is 9.56. The fourth-order valence-electron chi connectivity index (χ4n) is 2.43. The molecular weight excluding hydrogens is 278 g/mol. The third-order valence-corrected chi connectivity index (χ3v) is 4.67. The third-order valence-electron chi connectivity index (χ3n) is 3.62. The van der Waals surface area contributed by atoms with E-state index >= 15 is 0 Å². The normalized spacial score (nSPS) is 19.1. The van der Waals surface area contributed by atoms with Gasteiger partial charge in [-0.25, -0.2) is 4.79 Å². The van der Waals surface area contributed by atoms with Gasteiger partial charge in [0.05, 0.1) is 19.3 Å². The van der Waals surface area contributed by atoms with Crippen molar-refractivity contribution in [2.75, 3.05) is 13.7 Å². The number of hydrogen-bond acceptors (Lipinski definition) is 5. The zero-order valence-electron chi connectivity index (χ0n) is 11.6. The second kappa shape index (κ2) is 6.37. The summed E-state index contributed by atoms with van der Waals surface area (Å²) in [6.07, 6.45) is 2.98. The number of amides is 1. The highest BCUT2D eigenvalue weighted by Gasteiger charge is 2.26. The van der Waals surface area contributed by atoms with Gasteiger partial charge >= 0.3 is 5.97 Å². The molecule has 1 aliphatic carbocycles. The number of thiophene rings is 1. The summed E-state index contributed by atoms with van der Waals surface area (Å²) in [4.78, 5) is 24.9. The van der Waals surface area contributed by atoms with Gasteiger partial charge in [-0.15, -0.1) is 11.3 Å². The minimum atomic E-state index is -1.01. The predicted molar refractivity (Wildman–Crippen MR) is 75.9 cm³/mol. The van der Waals surface area contributed by atoms with E-state index in [2.05, 4.69) is 17.0 Å². The fraction of sp³-hybridized carbons (Fsp3) is 0.571. The molecule has 110 valence electrons. The van der Waals surface area contributed by atoms with Gasteiger partial charge in [0.25, 0.3) is 5.91 Å². The Labute approximate surface area is 121 Å². The number of rotatable bonds is 4. The lowest BCUT2D eigenvalue weighted by Gasteiger charge is -2.19. The highest BCUT2D eigenvalue weighted by atomic mass is 32.1. The van der Waals surface area contributed by atoms with Gasteiger partial charge in [0, 0.05) is 10.3 Å². The highest BCUT2D eigenvalue weighted by molar-refractivity contribution is 7.10. The van der Waals surface area contributed by atoms with E-state index in [9.17, 15) is 9.59 Å². The highest BCUT2D eigenvalue weighted by Crippen LogP contribution is 2.32. The topological polar surface area (TPSA) is 75.6 Å². The van der Waals surface area contributed by atoms with E-state index in [-0.39, 0.29) is 5.91 Å². The van der Waals surface area contributed by atoms with E-state index < -0.39 is 18.6 Å². The van der Waals surface area contributed by atoms with Gasteiger partial charge in [-0.05, 0) is 30.7 Å². The number of carbonyl (C=O) groups excluding carboxylic acids is 2. The molecule has 0 saturated carbocycles. The largest absolute Gasteiger partial charge is 0.467 e. The molecule has 0 bridgehead atoms. The van der Waals surface area contributed by atoms with E-state index in [0.717, 1.165) is 24.8 Å². The second-order valence-electron chi connectivity index (χ2n) is 5.13. The molecule has 0 unspecified atom stereocenters. The van der Waals surface area contributed by atoms with E-state index in [0.29, 0.717) is 11.5 Å². The monoisotopic (exact) mass is 297 g/mol. The van der Waals surface area contributed by atoms with Gasteiger partial charge in [-0.3, -0.25) is 4.79 Å². The van der Waals surface area contributed by atoms with Crippen molar-refractivity contribution in [1.82, 2.24) is 5.32 Å². The first-order valence-electron chi connectivity index (χ1n) is 6.65. The molecule has 0 fully saturated rings. The molecule has 0 saturated heterocycles. The van der Waals surface area contributed by atoms with Crippen molar-refractivity contribution in [2.45, 2.75) is 32.2 Å². The van der Waals surface area contributed by atoms with Crippen LogP contribution in [0.2, 0.25) is 0 Å². The third kappa shape index (κ3) is 3.02. The number of carbonyl (C=O) groups is 2. The molecular formula is C14H19NO4S. The number of esters is 1. The molecule has 0 aliphatic heterocycles. The van der Waals surface area contributed by atoms with Gasteiger partial charge in [0.1, 0.15) is 0 Å². The maximum Gasteiger partial charge on any atom is 0.330 e. The maximum atomic E-state index is 12.2. The summed E-state index contributed by atoms with van der Waals surface area (Å²) >= 11 is 1.59. The fourth-order valence-corrected chi connectivity index (χ4v) is 3.67. The number of aliphatic hydroxyl groups is 1. The van der Waals surface area contributed by atoms with Crippen LogP contribution >= 0.6 is 11.3 Å². The Kier molecular flexibility index (Phi) is 4.77. The van der Waals surface area contributed by atoms with Crippen LogP contribution in [0.4, 0.5) is 0 Å². The average Bonchev–Trinajstić information content (AvgIpc) is 2.86. The molecule has 1 aliphatic rings. The summed E-state index contributed by atoms with van der Waals surface area (Å²) in [5.74, 6) is -0.308. The smallest absolute Gasteiger partial charge is 0.330 e. The second-order valence-corrected chi connectivity index (χ2v) is 6.10. The zero-order valence-corrected chi connectivity index (χ0v) is 12.5. The summed E-state index contributed by atoms with van der Waals surface area (Å²) < 4.78 is 4.54. The number of fused-ring (bicyclic) bond motifs is 1. The first-order valence-corrected chi connectivity index (χ1v) is 7.53. The molecule has 1 heterocycles. The van der Waals surface area contributed by atoms with Crippen LogP contribution in [-0.4, -0.2) is 36.7 Å². The summed E-state index contributed by atoms with van der Waals surface area (Å²) in [5.41, 5.74) is 1.71. The molecule has 1 aromatic rings. The Hall–Kier alpha value is -1.40. The van der Waals surface area contributed by atoms with Crippen molar-refractivity contribution < 1.29 is 19.4 Å². The van der Waals surface area contributed by atoms with Gasteiger partial charge in [0.15, 0.2) is 6.04 Å².